The molecule has 0 amide bonds. The highest BCUT2D eigenvalue weighted by molar-refractivity contribution is 6.04. The number of nitriles is 1. The van der Waals surface area contributed by atoms with Gasteiger partial charge in [-0.1, -0.05) is 54.5 Å². The molecule has 0 aromatic rings. The van der Waals surface area contributed by atoms with Crippen molar-refractivity contribution in [1.29, 1.82) is 5.26 Å². The molecular weight excluding hydrogens is 460 g/mol. The van der Waals surface area contributed by atoms with E-state index in [9.17, 15) is 19.6 Å². The minimum absolute atomic E-state index is 0.0384. The van der Waals surface area contributed by atoms with Crippen molar-refractivity contribution in [1.82, 2.24) is 0 Å². The second-order valence-electron chi connectivity index (χ2n) is 15.5. The summed E-state index contributed by atoms with van der Waals surface area (Å²) in [6.45, 7) is 15.6. The lowest BCUT2D eigenvalue weighted by Crippen LogP contribution is -2.69. The van der Waals surface area contributed by atoms with Crippen LogP contribution in [0, 0.1) is 67.5 Å². The zero-order valence-electron chi connectivity index (χ0n) is 24.0. The van der Waals surface area contributed by atoms with Crippen LogP contribution in [0.3, 0.4) is 0 Å². The van der Waals surface area contributed by atoms with E-state index in [1.807, 2.05) is 19.9 Å². The molecule has 0 aromatic carbocycles. The van der Waals surface area contributed by atoms with Gasteiger partial charge in [-0.25, -0.2) is 0 Å². The summed E-state index contributed by atoms with van der Waals surface area (Å²) in [7, 11) is 0. The Morgan fingerprint density at radius 2 is 1.62 bits per heavy atom. The molecule has 5 rings (SSSR count). The van der Waals surface area contributed by atoms with Crippen molar-refractivity contribution in [2.24, 2.45) is 61.9 Å². The van der Waals surface area contributed by atoms with Crippen LogP contribution >= 0.6 is 0 Å². The van der Waals surface area contributed by atoms with E-state index >= 15 is 0 Å². The number of rotatable bonds is 2. The van der Waals surface area contributed by atoms with E-state index in [2.05, 4.69) is 40.7 Å². The SMILES string of the molecule is CC1(C)CC[C@]2(C(=O)CN)CC[C@]3(C)[C@H](C(=O)C[C@@H]4[C@@]5(C)C=C(C#N)C(=O)C(C)(C)[C@@H]5CC[C@]43C)[C@@H]2C1. The number of allylic oxidation sites excluding steroid dienone is 2. The van der Waals surface area contributed by atoms with Crippen LogP contribution in [0.2, 0.25) is 0 Å². The molecule has 37 heavy (non-hydrogen) atoms. The average molecular weight is 507 g/mol. The van der Waals surface area contributed by atoms with Gasteiger partial charge >= 0.3 is 0 Å². The van der Waals surface area contributed by atoms with Gasteiger partial charge in [-0.15, -0.1) is 0 Å². The van der Waals surface area contributed by atoms with E-state index in [4.69, 9.17) is 5.73 Å². The molecule has 5 nitrogen and oxygen atoms in total. The van der Waals surface area contributed by atoms with Gasteiger partial charge in [0.25, 0.3) is 0 Å². The topological polar surface area (TPSA) is 101 Å². The molecule has 2 N–H and O–H groups in total. The zero-order chi connectivity index (χ0) is 27.4. The molecule has 4 fully saturated rings. The van der Waals surface area contributed by atoms with Crippen molar-refractivity contribution in [3.8, 4) is 6.07 Å². The summed E-state index contributed by atoms with van der Waals surface area (Å²) in [5, 5.41) is 9.88. The van der Waals surface area contributed by atoms with Gasteiger partial charge in [-0.3, -0.25) is 14.4 Å². The molecule has 0 heterocycles. The van der Waals surface area contributed by atoms with Gasteiger partial charge in [0, 0.05) is 23.2 Å². The molecule has 4 saturated carbocycles. The van der Waals surface area contributed by atoms with E-state index in [0.29, 0.717) is 12.2 Å². The quantitative estimate of drug-likeness (QED) is 0.509. The zero-order valence-corrected chi connectivity index (χ0v) is 24.0. The van der Waals surface area contributed by atoms with Crippen LogP contribution < -0.4 is 5.73 Å². The number of ketones is 3. The first-order chi connectivity index (χ1) is 17.0. The predicted octanol–water partition coefficient (Wildman–Crippen LogP) is 5.81. The highest BCUT2D eigenvalue weighted by Gasteiger charge is 2.72. The molecule has 0 aromatic heterocycles. The second kappa shape index (κ2) is 7.87. The van der Waals surface area contributed by atoms with Gasteiger partial charge in [0.1, 0.15) is 11.9 Å². The van der Waals surface area contributed by atoms with Gasteiger partial charge in [0.15, 0.2) is 11.6 Å². The van der Waals surface area contributed by atoms with E-state index < -0.39 is 16.2 Å². The molecule has 0 bridgehead atoms. The highest BCUT2D eigenvalue weighted by Crippen LogP contribution is 2.75. The van der Waals surface area contributed by atoms with Crippen molar-refractivity contribution < 1.29 is 14.4 Å². The largest absolute Gasteiger partial charge is 0.324 e. The van der Waals surface area contributed by atoms with Gasteiger partial charge in [0.05, 0.1) is 12.1 Å². The first-order valence-corrected chi connectivity index (χ1v) is 14.5. The van der Waals surface area contributed by atoms with Crippen LogP contribution in [0.4, 0.5) is 0 Å². The maximum absolute atomic E-state index is 14.4. The number of nitrogens with two attached hydrogens (primary N) is 1. The summed E-state index contributed by atoms with van der Waals surface area (Å²) in [6.07, 6.45) is 8.71. The molecule has 0 radical (unpaired) electrons. The fourth-order valence-electron chi connectivity index (χ4n) is 11.0. The van der Waals surface area contributed by atoms with Crippen LogP contribution in [-0.2, 0) is 14.4 Å². The van der Waals surface area contributed by atoms with Crippen LogP contribution in [0.15, 0.2) is 11.6 Å². The third-order valence-electron chi connectivity index (χ3n) is 13.2. The Kier molecular flexibility index (Phi) is 5.70. The highest BCUT2D eigenvalue weighted by atomic mass is 16.1. The van der Waals surface area contributed by atoms with Gasteiger partial charge in [-0.2, -0.15) is 5.26 Å². The van der Waals surface area contributed by atoms with Gasteiger partial charge < -0.3 is 5.73 Å². The van der Waals surface area contributed by atoms with E-state index in [0.717, 1.165) is 44.9 Å². The molecular formula is C32H46N2O3. The summed E-state index contributed by atoms with van der Waals surface area (Å²) in [4.78, 5) is 41.2. The second-order valence-corrected chi connectivity index (χ2v) is 15.5. The molecule has 0 aliphatic heterocycles. The number of hydrogen-bond donors (Lipinski definition) is 1. The van der Waals surface area contributed by atoms with Crippen LogP contribution in [0.5, 0.6) is 0 Å². The molecule has 0 spiro atoms. The average Bonchev–Trinajstić information content (AvgIpc) is 2.82. The van der Waals surface area contributed by atoms with Crippen LogP contribution in [-0.4, -0.2) is 23.9 Å². The Labute approximate surface area is 223 Å². The third kappa shape index (κ3) is 3.20. The van der Waals surface area contributed by atoms with Crippen molar-refractivity contribution >= 4 is 17.3 Å². The number of carbonyl (C=O) groups excluding carboxylic acids is 3. The first kappa shape index (κ1) is 26.8. The summed E-state index contributed by atoms with van der Waals surface area (Å²) >= 11 is 0. The molecule has 5 heteroatoms. The number of Topliss-reactive ketones (excluding diaryl/α,β-unsaturated/α-hetero) is 3. The monoisotopic (exact) mass is 506 g/mol. The van der Waals surface area contributed by atoms with Crippen molar-refractivity contribution in [2.75, 3.05) is 6.54 Å². The van der Waals surface area contributed by atoms with Crippen molar-refractivity contribution in [3.05, 3.63) is 11.6 Å². The maximum Gasteiger partial charge on any atom is 0.178 e. The van der Waals surface area contributed by atoms with E-state index in [-0.39, 0.29) is 63.6 Å². The lowest BCUT2D eigenvalue weighted by molar-refractivity contribution is -0.221. The smallest absolute Gasteiger partial charge is 0.178 e. The number of nitrogens with zero attached hydrogens (tertiary/aromatic N) is 1. The van der Waals surface area contributed by atoms with Gasteiger partial charge in [0.2, 0.25) is 0 Å². The van der Waals surface area contributed by atoms with E-state index in [1.165, 1.54) is 0 Å². The fourth-order valence-corrected chi connectivity index (χ4v) is 11.0. The summed E-state index contributed by atoms with van der Waals surface area (Å²) in [5.74, 6) is 0.458. The summed E-state index contributed by atoms with van der Waals surface area (Å²) in [5.41, 5.74) is 4.51. The Balaban J connectivity index is 1.65. The van der Waals surface area contributed by atoms with Crippen molar-refractivity contribution in [2.45, 2.75) is 99.8 Å². The third-order valence-corrected chi connectivity index (χ3v) is 13.2. The molecule has 5 aliphatic rings. The van der Waals surface area contributed by atoms with E-state index in [1.54, 1.807) is 0 Å². The Hall–Kier alpha value is -1.80. The normalized spacial score (nSPS) is 47.9. The van der Waals surface area contributed by atoms with Crippen LogP contribution in [0.25, 0.3) is 0 Å². The minimum atomic E-state index is -0.626. The lowest BCUT2D eigenvalue weighted by atomic mass is 9.31. The number of carbonyl (C=O) groups is 3. The van der Waals surface area contributed by atoms with Gasteiger partial charge in [-0.05, 0) is 84.4 Å². The number of fused-ring (bicyclic) bond motifs is 7. The molecule has 8 atom stereocenters. The molecule has 202 valence electrons. The first-order valence-electron chi connectivity index (χ1n) is 14.5. The lowest BCUT2D eigenvalue weighted by Gasteiger charge is -2.71. The summed E-state index contributed by atoms with van der Waals surface area (Å²) < 4.78 is 0. The molecule has 0 unspecified atom stereocenters. The van der Waals surface area contributed by atoms with Crippen molar-refractivity contribution in [3.63, 3.8) is 0 Å². The Morgan fingerprint density at radius 1 is 0.973 bits per heavy atom. The van der Waals surface area contributed by atoms with Crippen LogP contribution in [0.1, 0.15) is 99.8 Å². The molecule has 0 saturated heterocycles. The standard InChI is InChI=1S/C32H46N2O3/c1-27(2)10-12-32(24(36)18-34)13-11-31(7)25(20(32)16-27)21(35)14-23-29(5)15-19(17-33)26(37)28(3,4)22(29)8-9-30(23,31)6/h15,20,22-23,25H,8-14,16,18,34H2,1-7H3/t20-,22-,23+,25-,29-,30+,31+,32-/m0/s1. The maximum atomic E-state index is 14.4. The Bertz CT molecular complexity index is 1140. The molecule has 5 aliphatic carbocycles. The summed E-state index contributed by atoms with van der Waals surface area (Å²) in [6, 6.07) is 2.20. The number of hydrogen-bond acceptors (Lipinski definition) is 5. The minimum Gasteiger partial charge on any atom is -0.324 e. The fraction of sp³-hybridized carbons (Fsp3) is 0.812. The predicted molar refractivity (Wildman–Crippen MR) is 143 cm³/mol. The Morgan fingerprint density at radius 3 is 2.24 bits per heavy atom.